The van der Waals surface area contributed by atoms with Gasteiger partial charge in [0.2, 0.25) is 0 Å². The number of hydrogen-bond donors (Lipinski definition) is 2. The van der Waals surface area contributed by atoms with Crippen LogP contribution in [0.4, 0.5) is 0 Å². The summed E-state index contributed by atoms with van der Waals surface area (Å²) in [6.45, 7) is 2.18. The smallest absolute Gasteiger partial charge is 0.326 e. The molecule has 0 bridgehead atoms. The number of aliphatic hydroxyl groups excluding tert-OH is 1. The van der Waals surface area contributed by atoms with Gasteiger partial charge < -0.3 is 19.9 Å². The highest BCUT2D eigenvalue weighted by atomic mass is 16.5. The molecule has 21 heavy (non-hydrogen) atoms. The Morgan fingerprint density at radius 1 is 1.52 bits per heavy atom. The van der Waals surface area contributed by atoms with Crippen LogP contribution in [0.25, 0.3) is 0 Å². The van der Waals surface area contributed by atoms with E-state index >= 15 is 0 Å². The van der Waals surface area contributed by atoms with Crippen LogP contribution in [0.5, 0.6) is 5.75 Å². The molecular formula is C16H23NO4. The Balaban J connectivity index is 2.02. The Morgan fingerprint density at radius 3 is 3.00 bits per heavy atom. The van der Waals surface area contributed by atoms with E-state index in [9.17, 15) is 4.79 Å². The number of nitrogens with one attached hydrogen (secondary N) is 1. The molecule has 2 unspecified atom stereocenters. The van der Waals surface area contributed by atoms with Gasteiger partial charge in [-0.3, -0.25) is 4.79 Å². The van der Waals surface area contributed by atoms with Crippen molar-refractivity contribution in [1.82, 2.24) is 5.32 Å². The lowest BCUT2D eigenvalue weighted by Gasteiger charge is -2.26. The van der Waals surface area contributed by atoms with Gasteiger partial charge in [0.15, 0.2) is 0 Å². The summed E-state index contributed by atoms with van der Waals surface area (Å²) < 4.78 is 11.1. The number of likely N-dealkylation sites (N-methyl/N-ethyl adjacent to an activating group) is 1. The first-order chi connectivity index (χ1) is 10.1. The van der Waals surface area contributed by atoms with Gasteiger partial charge >= 0.3 is 5.97 Å². The van der Waals surface area contributed by atoms with Crippen LogP contribution in [-0.4, -0.2) is 36.4 Å². The van der Waals surface area contributed by atoms with E-state index in [4.69, 9.17) is 14.6 Å². The van der Waals surface area contributed by atoms with Crippen LogP contribution < -0.4 is 10.1 Å². The predicted octanol–water partition coefficient (Wildman–Crippen LogP) is 1.63. The van der Waals surface area contributed by atoms with Gasteiger partial charge in [-0.15, -0.1) is 0 Å². The number of hydrogen-bond acceptors (Lipinski definition) is 5. The number of aliphatic hydroxyl groups is 1. The molecule has 1 aromatic carbocycles. The van der Waals surface area contributed by atoms with Gasteiger partial charge in [0, 0.05) is 6.42 Å². The van der Waals surface area contributed by atoms with Crippen molar-refractivity contribution in [3.05, 3.63) is 29.8 Å². The zero-order valence-electron chi connectivity index (χ0n) is 12.6. The van der Waals surface area contributed by atoms with Crippen molar-refractivity contribution in [2.24, 2.45) is 0 Å². The molecule has 0 spiro atoms. The molecule has 0 amide bonds. The van der Waals surface area contributed by atoms with Crippen LogP contribution >= 0.6 is 0 Å². The molecule has 2 N–H and O–H groups in total. The van der Waals surface area contributed by atoms with Crippen molar-refractivity contribution in [1.29, 1.82) is 0 Å². The van der Waals surface area contributed by atoms with Crippen molar-refractivity contribution in [2.75, 3.05) is 13.7 Å². The van der Waals surface area contributed by atoms with Gasteiger partial charge in [-0.25, -0.2) is 0 Å². The molecule has 0 radical (unpaired) electrons. The molecule has 116 valence electrons. The summed E-state index contributed by atoms with van der Waals surface area (Å²) in [5.41, 5.74) is 0.172. The predicted molar refractivity (Wildman–Crippen MR) is 79.1 cm³/mol. The van der Waals surface area contributed by atoms with E-state index in [1.165, 1.54) is 0 Å². The summed E-state index contributed by atoms with van der Waals surface area (Å²) in [5.74, 6) is 0.519. The molecule has 0 heterocycles. The summed E-state index contributed by atoms with van der Waals surface area (Å²) in [7, 11) is 1.78. The zero-order valence-corrected chi connectivity index (χ0v) is 12.6. The maximum Gasteiger partial charge on any atom is 0.326 e. The first-order valence-electron chi connectivity index (χ1n) is 7.36. The Morgan fingerprint density at radius 2 is 2.33 bits per heavy atom. The van der Waals surface area contributed by atoms with Crippen LogP contribution in [0, 0.1) is 0 Å². The fourth-order valence-corrected chi connectivity index (χ4v) is 2.79. The number of carbonyl (C=O) groups is 1. The van der Waals surface area contributed by atoms with Crippen LogP contribution in [0.3, 0.4) is 0 Å². The minimum Gasteiger partial charge on any atom is -0.490 e. The van der Waals surface area contributed by atoms with E-state index in [0.717, 1.165) is 17.7 Å². The molecule has 0 aromatic heterocycles. The second-order valence-electron chi connectivity index (χ2n) is 5.34. The average Bonchev–Trinajstić information content (AvgIpc) is 2.92. The first-order valence-corrected chi connectivity index (χ1v) is 7.36. The number of esters is 1. The van der Waals surface area contributed by atoms with Gasteiger partial charge in [-0.1, -0.05) is 12.1 Å². The van der Waals surface area contributed by atoms with Gasteiger partial charge in [-0.2, -0.15) is 0 Å². The molecular weight excluding hydrogens is 270 g/mol. The van der Waals surface area contributed by atoms with E-state index in [1.807, 2.05) is 31.2 Å². The van der Waals surface area contributed by atoms with Gasteiger partial charge in [0.25, 0.3) is 0 Å². The molecule has 1 saturated carbocycles. The number of carbonyl (C=O) groups excluding carboxylic acids is 1. The standard InChI is InChI=1S/C16H23NO4/c1-3-20-15(19)16(17-2)8-7-14(10-16)21-13-6-4-5-12(9-13)11-18/h4-6,9,14,17-18H,3,7-8,10-11H2,1-2H3. The van der Waals surface area contributed by atoms with Crippen molar-refractivity contribution >= 4 is 5.97 Å². The monoisotopic (exact) mass is 293 g/mol. The highest BCUT2D eigenvalue weighted by molar-refractivity contribution is 5.81. The Bertz CT molecular complexity index is 491. The highest BCUT2D eigenvalue weighted by Gasteiger charge is 2.46. The van der Waals surface area contributed by atoms with E-state index in [-0.39, 0.29) is 18.7 Å². The third-order valence-electron chi connectivity index (χ3n) is 4.00. The summed E-state index contributed by atoms with van der Waals surface area (Å²) in [5, 5.41) is 12.3. The molecule has 5 nitrogen and oxygen atoms in total. The van der Waals surface area contributed by atoms with Crippen molar-refractivity contribution < 1.29 is 19.4 Å². The number of ether oxygens (including phenoxy) is 2. The molecule has 1 aromatic rings. The Kier molecular flexibility index (Phi) is 5.20. The van der Waals surface area contributed by atoms with Crippen molar-refractivity contribution in [3.63, 3.8) is 0 Å². The lowest BCUT2D eigenvalue weighted by Crippen LogP contribution is -2.49. The SMILES string of the molecule is CCOC(=O)C1(NC)CCC(Oc2cccc(CO)c2)C1. The second kappa shape index (κ2) is 6.91. The fraction of sp³-hybridized carbons (Fsp3) is 0.562. The normalized spacial score (nSPS) is 24.8. The molecule has 1 aliphatic carbocycles. The van der Waals surface area contributed by atoms with Crippen LogP contribution in [0.15, 0.2) is 24.3 Å². The summed E-state index contributed by atoms with van der Waals surface area (Å²) >= 11 is 0. The second-order valence-corrected chi connectivity index (χ2v) is 5.34. The third-order valence-corrected chi connectivity index (χ3v) is 4.00. The van der Waals surface area contributed by atoms with Crippen LogP contribution in [0.1, 0.15) is 31.7 Å². The molecule has 0 saturated heterocycles. The van der Waals surface area contributed by atoms with Gasteiger partial charge in [-0.05, 0) is 44.5 Å². The zero-order chi connectivity index (χ0) is 15.3. The van der Waals surface area contributed by atoms with Gasteiger partial charge in [0.1, 0.15) is 17.4 Å². The van der Waals surface area contributed by atoms with E-state index < -0.39 is 5.54 Å². The fourth-order valence-electron chi connectivity index (χ4n) is 2.79. The molecule has 2 atom stereocenters. The number of rotatable bonds is 6. The van der Waals surface area contributed by atoms with E-state index in [1.54, 1.807) is 7.05 Å². The summed E-state index contributed by atoms with van der Waals surface area (Å²) in [6, 6.07) is 7.39. The summed E-state index contributed by atoms with van der Waals surface area (Å²) in [4.78, 5) is 12.1. The average molecular weight is 293 g/mol. The topological polar surface area (TPSA) is 67.8 Å². The lowest BCUT2D eigenvalue weighted by atomic mass is 9.98. The maximum atomic E-state index is 12.1. The molecule has 5 heteroatoms. The Hall–Kier alpha value is -1.59. The van der Waals surface area contributed by atoms with Gasteiger partial charge in [0.05, 0.1) is 13.2 Å². The van der Waals surface area contributed by atoms with E-state index in [0.29, 0.717) is 19.4 Å². The van der Waals surface area contributed by atoms with Crippen molar-refractivity contribution in [2.45, 2.75) is 44.4 Å². The van der Waals surface area contributed by atoms with Crippen molar-refractivity contribution in [3.8, 4) is 5.75 Å². The van der Waals surface area contributed by atoms with Crippen LogP contribution in [-0.2, 0) is 16.1 Å². The first kappa shape index (κ1) is 15.8. The maximum absolute atomic E-state index is 12.1. The summed E-state index contributed by atoms with van der Waals surface area (Å²) in [6.07, 6.45) is 2.05. The minimum atomic E-state index is -0.644. The van der Waals surface area contributed by atoms with Crippen LogP contribution in [0.2, 0.25) is 0 Å². The Labute approximate surface area is 125 Å². The molecule has 0 aliphatic heterocycles. The van der Waals surface area contributed by atoms with E-state index in [2.05, 4.69) is 5.32 Å². The number of benzene rings is 1. The minimum absolute atomic E-state index is 0.00878. The molecule has 1 aliphatic rings. The highest BCUT2D eigenvalue weighted by Crippen LogP contribution is 2.33. The molecule has 2 rings (SSSR count). The lowest BCUT2D eigenvalue weighted by molar-refractivity contribution is -0.151. The molecule has 1 fully saturated rings. The third kappa shape index (κ3) is 3.54. The quantitative estimate of drug-likeness (QED) is 0.780. The largest absolute Gasteiger partial charge is 0.490 e.